The largest absolute Gasteiger partial charge is 0.491 e. The van der Waals surface area contributed by atoms with Gasteiger partial charge in [0.1, 0.15) is 12.4 Å². The first-order valence-electron chi connectivity index (χ1n) is 13.9. The van der Waals surface area contributed by atoms with Gasteiger partial charge in [-0.1, -0.05) is 68.6 Å². The molecule has 2 aromatic rings. The number of hydrogen-bond acceptors (Lipinski definition) is 3. The van der Waals surface area contributed by atoms with Gasteiger partial charge in [0.25, 0.3) is 0 Å². The molecule has 0 saturated carbocycles. The van der Waals surface area contributed by atoms with Crippen LogP contribution in [0.15, 0.2) is 48.5 Å². The van der Waals surface area contributed by atoms with E-state index in [1.54, 1.807) is 0 Å². The molecule has 5 nitrogen and oxygen atoms in total. The lowest BCUT2D eigenvalue weighted by molar-refractivity contribution is -0.141. The number of para-hydroxylation sites is 1. The molecule has 200 valence electrons. The summed E-state index contributed by atoms with van der Waals surface area (Å²) >= 11 is 5.99. The summed E-state index contributed by atoms with van der Waals surface area (Å²) in [7, 11) is 0. The number of carbonyl (C=O) groups excluding carboxylic acids is 2. The molecule has 1 N–H and O–H groups in total. The second-order valence-corrected chi connectivity index (χ2v) is 11.7. The Bertz CT molecular complexity index is 1040. The zero-order valence-electron chi connectivity index (χ0n) is 22.3. The summed E-state index contributed by atoms with van der Waals surface area (Å²) in [6, 6.07) is 15.7. The zero-order chi connectivity index (χ0) is 26.3. The van der Waals surface area contributed by atoms with Crippen molar-refractivity contribution >= 4 is 23.4 Å². The van der Waals surface area contributed by atoms with Crippen molar-refractivity contribution in [2.75, 3.05) is 19.7 Å². The van der Waals surface area contributed by atoms with Crippen LogP contribution >= 0.6 is 11.6 Å². The standard InChI is InChI=1S/C31H41ClN2O3/c1-23(2)20-27-22-37-28-10-6-5-9-25(28)8-4-3-7-15-31(30(36)33-27)16-18-34(19-17-31)29(35)21-24-11-13-26(32)14-12-24/h5-6,9-14,23,27H,3-4,7-8,15-22H2,1-2H3,(H,33,36)/t27-/m0/s1. The molecule has 37 heavy (non-hydrogen) atoms. The summed E-state index contributed by atoms with van der Waals surface area (Å²) in [4.78, 5) is 28.8. The number of halogens is 1. The second-order valence-electron chi connectivity index (χ2n) is 11.2. The van der Waals surface area contributed by atoms with E-state index < -0.39 is 5.41 Å². The molecule has 2 aliphatic heterocycles. The van der Waals surface area contributed by atoms with Gasteiger partial charge in [0, 0.05) is 18.1 Å². The third-order valence-electron chi connectivity index (χ3n) is 7.93. The highest BCUT2D eigenvalue weighted by Gasteiger charge is 2.42. The normalized spacial score (nSPS) is 20.7. The van der Waals surface area contributed by atoms with Gasteiger partial charge in [-0.2, -0.15) is 0 Å². The fourth-order valence-electron chi connectivity index (χ4n) is 5.74. The summed E-state index contributed by atoms with van der Waals surface area (Å²) in [5.41, 5.74) is 1.79. The maximum Gasteiger partial charge on any atom is 0.226 e. The van der Waals surface area contributed by atoms with Crippen molar-refractivity contribution < 1.29 is 14.3 Å². The van der Waals surface area contributed by atoms with Crippen LogP contribution in [-0.2, 0) is 22.4 Å². The van der Waals surface area contributed by atoms with E-state index >= 15 is 0 Å². The number of nitrogens with one attached hydrogen (secondary N) is 1. The summed E-state index contributed by atoms with van der Waals surface area (Å²) in [6.45, 7) is 6.08. The lowest BCUT2D eigenvalue weighted by Crippen LogP contribution is -2.53. The van der Waals surface area contributed by atoms with E-state index in [-0.39, 0.29) is 17.9 Å². The molecule has 2 amide bonds. The minimum atomic E-state index is -0.423. The molecule has 1 atom stereocenters. The first-order valence-corrected chi connectivity index (χ1v) is 14.3. The third-order valence-corrected chi connectivity index (χ3v) is 8.18. The maximum absolute atomic E-state index is 13.8. The molecule has 2 heterocycles. The molecule has 1 spiro atoms. The van der Waals surface area contributed by atoms with Crippen LogP contribution < -0.4 is 10.1 Å². The Kier molecular flexibility index (Phi) is 9.53. The Morgan fingerprint density at radius 2 is 1.78 bits per heavy atom. The van der Waals surface area contributed by atoms with E-state index in [0.29, 0.717) is 49.9 Å². The van der Waals surface area contributed by atoms with Crippen LogP contribution in [0.2, 0.25) is 5.02 Å². The molecule has 0 bridgehead atoms. The number of amides is 2. The lowest BCUT2D eigenvalue weighted by atomic mass is 9.73. The highest BCUT2D eigenvalue weighted by Crippen LogP contribution is 2.38. The van der Waals surface area contributed by atoms with Gasteiger partial charge in [-0.05, 0) is 73.8 Å². The minimum Gasteiger partial charge on any atom is -0.491 e. The predicted octanol–water partition coefficient (Wildman–Crippen LogP) is 6.22. The van der Waals surface area contributed by atoms with Crippen molar-refractivity contribution in [1.29, 1.82) is 0 Å². The van der Waals surface area contributed by atoms with Crippen molar-refractivity contribution in [3.05, 3.63) is 64.7 Å². The van der Waals surface area contributed by atoms with Crippen LogP contribution in [0.3, 0.4) is 0 Å². The molecule has 0 aliphatic carbocycles. The molecular weight excluding hydrogens is 484 g/mol. The second kappa shape index (κ2) is 12.8. The third kappa shape index (κ3) is 7.50. The molecule has 2 aromatic carbocycles. The fourth-order valence-corrected chi connectivity index (χ4v) is 5.86. The Hall–Kier alpha value is -2.53. The van der Waals surface area contributed by atoms with Crippen LogP contribution in [0.5, 0.6) is 5.75 Å². The van der Waals surface area contributed by atoms with E-state index in [9.17, 15) is 9.59 Å². The van der Waals surface area contributed by atoms with Gasteiger partial charge in [-0.25, -0.2) is 0 Å². The molecular formula is C31H41ClN2O3. The Morgan fingerprint density at radius 1 is 1.05 bits per heavy atom. The first-order chi connectivity index (χ1) is 17.8. The Balaban J connectivity index is 1.44. The Labute approximate surface area is 226 Å². The van der Waals surface area contributed by atoms with E-state index in [1.165, 1.54) is 5.56 Å². The molecule has 6 heteroatoms. The average molecular weight is 525 g/mol. The molecule has 0 radical (unpaired) electrons. The number of hydrogen-bond donors (Lipinski definition) is 1. The van der Waals surface area contributed by atoms with Crippen LogP contribution in [0.1, 0.15) is 69.9 Å². The molecule has 0 aromatic heterocycles. The van der Waals surface area contributed by atoms with Crippen molar-refractivity contribution in [2.24, 2.45) is 11.3 Å². The van der Waals surface area contributed by atoms with Crippen LogP contribution in [0.4, 0.5) is 0 Å². The van der Waals surface area contributed by atoms with Gasteiger partial charge in [-0.3, -0.25) is 9.59 Å². The lowest BCUT2D eigenvalue weighted by Gasteiger charge is -2.41. The summed E-state index contributed by atoms with van der Waals surface area (Å²) in [5.74, 6) is 1.64. The molecule has 1 saturated heterocycles. The van der Waals surface area contributed by atoms with E-state index in [1.807, 2.05) is 41.3 Å². The number of aryl methyl sites for hydroxylation is 1. The first kappa shape index (κ1) is 27.5. The summed E-state index contributed by atoms with van der Waals surface area (Å²) in [6.07, 6.45) is 7.70. The number of benzene rings is 2. The molecule has 4 rings (SSSR count). The smallest absolute Gasteiger partial charge is 0.226 e. The van der Waals surface area contributed by atoms with Gasteiger partial charge in [0.15, 0.2) is 0 Å². The molecule has 2 aliphatic rings. The number of piperidine rings is 1. The van der Waals surface area contributed by atoms with Crippen molar-refractivity contribution in [3.8, 4) is 5.75 Å². The van der Waals surface area contributed by atoms with Crippen molar-refractivity contribution in [3.63, 3.8) is 0 Å². The maximum atomic E-state index is 13.8. The SMILES string of the molecule is CC(C)C[C@H]1COc2ccccc2CCCCCC2(CCN(C(=O)Cc3ccc(Cl)cc3)CC2)C(=O)N1. The van der Waals surface area contributed by atoms with Gasteiger partial charge in [-0.15, -0.1) is 0 Å². The van der Waals surface area contributed by atoms with Gasteiger partial charge >= 0.3 is 0 Å². The summed E-state index contributed by atoms with van der Waals surface area (Å²) < 4.78 is 6.28. The average Bonchev–Trinajstić information content (AvgIpc) is 2.89. The van der Waals surface area contributed by atoms with Crippen LogP contribution in [0.25, 0.3) is 0 Å². The number of nitrogens with zero attached hydrogens (tertiary/aromatic N) is 1. The topological polar surface area (TPSA) is 58.6 Å². The zero-order valence-corrected chi connectivity index (χ0v) is 23.1. The highest BCUT2D eigenvalue weighted by molar-refractivity contribution is 6.30. The van der Waals surface area contributed by atoms with E-state index in [0.717, 1.165) is 49.8 Å². The number of likely N-dealkylation sites (tertiary alicyclic amines) is 1. The van der Waals surface area contributed by atoms with Crippen molar-refractivity contribution in [1.82, 2.24) is 10.2 Å². The number of ether oxygens (including phenoxy) is 1. The van der Waals surface area contributed by atoms with Gasteiger partial charge < -0.3 is 15.0 Å². The van der Waals surface area contributed by atoms with Gasteiger partial charge in [0.05, 0.1) is 17.9 Å². The Morgan fingerprint density at radius 3 is 2.51 bits per heavy atom. The van der Waals surface area contributed by atoms with Crippen molar-refractivity contribution in [2.45, 2.75) is 77.7 Å². The van der Waals surface area contributed by atoms with Gasteiger partial charge in [0.2, 0.25) is 11.8 Å². The monoisotopic (exact) mass is 524 g/mol. The highest BCUT2D eigenvalue weighted by atomic mass is 35.5. The summed E-state index contributed by atoms with van der Waals surface area (Å²) in [5, 5.41) is 4.06. The quantitative estimate of drug-likeness (QED) is 0.516. The van der Waals surface area contributed by atoms with E-state index in [2.05, 4.69) is 31.3 Å². The van der Waals surface area contributed by atoms with Crippen LogP contribution in [0, 0.1) is 11.3 Å². The number of rotatable bonds is 4. The van der Waals surface area contributed by atoms with Crippen LogP contribution in [-0.4, -0.2) is 42.5 Å². The number of fused-ring (bicyclic) bond motifs is 1. The van der Waals surface area contributed by atoms with E-state index in [4.69, 9.17) is 16.3 Å². The molecule has 0 unspecified atom stereocenters. The minimum absolute atomic E-state index is 0.0391. The fraction of sp³-hybridized carbons (Fsp3) is 0.548. The molecule has 1 fully saturated rings. The number of carbonyl (C=O) groups is 2. The predicted molar refractivity (Wildman–Crippen MR) is 149 cm³/mol.